The molecule has 2 rings (SSSR count). The Bertz CT molecular complexity index is 492. The van der Waals surface area contributed by atoms with E-state index >= 15 is 0 Å². The van der Waals surface area contributed by atoms with Gasteiger partial charge in [0.2, 0.25) is 5.88 Å². The zero-order valence-electron chi connectivity index (χ0n) is 11.5. The van der Waals surface area contributed by atoms with E-state index in [1.807, 2.05) is 11.8 Å². The molecule has 2 heterocycles. The lowest BCUT2D eigenvalue weighted by atomic mass is 9.99. The zero-order valence-corrected chi connectivity index (χ0v) is 11.5. The van der Waals surface area contributed by atoms with Crippen LogP contribution in [0.5, 0.6) is 5.88 Å². The Hall–Kier alpha value is -1.85. The number of hydrogen-bond donors (Lipinski definition) is 1. The molecule has 0 bridgehead atoms. The summed E-state index contributed by atoms with van der Waals surface area (Å²) in [7, 11) is 0. The molecule has 1 unspecified atom stereocenters. The van der Waals surface area contributed by atoms with Crippen molar-refractivity contribution in [1.82, 2.24) is 9.97 Å². The second-order valence-corrected chi connectivity index (χ2v) is 4.88. The molecule has 0 saturated carbocycles. The number of aliphatic carboxylic acids is 1. The summed E-state index contributed by atoms with van der Waals surface area (Å²) in [6.07, 6.45) is 1.46. The largest absolute Gasteiger partial charge is 0.480 e. The van der Waals surface area contributed by atoms with Crippen molar-refractivity contribution in [3.8, 4) is 5.88 Å². The summed E-state index contributed by atoms with van der Waals surface area (Å²) < 4.78 is 5.39. The van der Waals surface area contributed by atoms with Gasteiger partial charge in [0.1, 0.15) is 17.2 Å². The molecule has 0 aliphatic carbocycles. The second kappa shape index (κ2) is 5.03. The topological polar surface area (TPSA) is 75.5 Å². The molecule has 19 heavy (non-hydrogen) atoms. The van der Waals surface area contributed by atoms with Crippen molar-refractivity contribution in [2.24, 2.45) is 0 Å². The van der Waals surface area contributed by atoms with Crippen molar-refractivity contribution < 1.29 is 14.6 Å². The van der Waals surface area contributed by atoms with Gasteiger partial charge in [-0.15, -0.1) is 0 Å². The van der Waals surface area contributed by atoms with Gasteiger partial charge in [-0.1, -0.05) is 0 Å². The summed E-state index contributed by atoms with van der Waals surface area (Å²) in [4.78, 5) is 21.8. The first kappa shape index (κ1) is 13.6. The maximum absolute atomic E-state index is 11.5. The number of carbonyl (C=O) groups is 1. The molecule has 1 atom stereocenters. The van der Waals surface area contributed by atoms with E-state index in [-0.39, 0.29) is 0 Å². The van der Waals surface area contributed by atoms with Gasteiger partial charge in [-0.2, -0.15) is 4.98 Å². The lowest BCUT2D eigenvalue weighted by Crippen LogP contribution is -2.48. The van der Waals surface area contributed by atoms with E-state index in [2.05, 4.69) is 9.97 Å². The fourth-order valence-corrected chi connectivity index (χ4v) is 2.44. The van der Waals surface area contributed by atoms with Gasteiger partial charge >= 0.3 is 5.97 Å². The van der Waals surface area contributed by atoms with Crippen LogP contribution in [0.2, 0.25) is 0 Å². The first-order valence-electron chi connectivity index (χ1n) is 6.47. The molecule has 0 spiro atoms. The monoisotopic (exact) mass is 265 g/mol. The fraction of sp³-hybridized carbons (Fsp3) is 0.615. The predicted octanol–water partition coefficient (Wildman–Crippen LogP) is 1.63. The molecule has 0 radical (unpaired) electrons. The number of hydrogen-bond acceptors (Lipinski definition) is 5. The molecule has 1 saturated heterocycles. The quantitative estimate of drug-likeness (QED) is 0.891. The number of carboxylic acid groups (broad SMARTS) is 1. The minimum Gasteiger partial charge on any atom is -0.480 e. The van der Waals surface area contributed by atoms with Crippen LogP contribution in [-0.4, -0.2) is 39.7 Å². The summed E-state index contributed by atoms with van der Waals surface area (Å²) in [5.41, 5.74) is -0.899. The van der Waals surface area contributed by atoms with Crippen molar-refractivity contribution in [2.45, 2.75) is 39.2 Å². The third kappa shape index (κ3) is 2.47. The lowest BCUT2D eigenvalue weighted by Gasteiger charge is -2.32. The summed E-state index contributed by atoms with van der Waals surface area (Å²) >= 11 is 0. The summed E-state index contributed by atoms with van der Waals surface area (Å²) in [6.45, 7) is 6.60. The molecular weight excluding hydrogens is 246 g/mol. The van der Waals surface area contributed by atoms with E-state index < -0.39 is 11.5 Å². The third-order valence-electron chi connectivity index (χ3n) is 3.47. The standard InChI is InChI=1S/C13H19N3O3/c1-4-19-11-8-10(14-9(2)15-11)16-7-5-6-13(16,3)12(17)18/h8H,4-7H2,1-3H3,(H,17,18). The van der Waals surface area contributed by atoms with Gasteiger partial charge in [0.25, 0.3) is 0 Å². The van der Waals surface area contributed by atoms with Gasteiger partial charge in [-0.05, 0) is 33.6 Å². The van der Waals surface area contributed by atoms with Crippen LogP contribution >= 0.6 is 0 Å². The molecule has 0 aromatic carbocycles. The van der Waals surface area contributed by atoms with Crippen molar-refractivity contribution in [1.29, 1.82) is 0 Å². The SMILES string of the molecule is CCOc1cc(N2CCCC2(C)C(=O)O)nc(C)n1. The Morgan fingerprint density at radius 3 is 2.95 bits per heavy atom. The average Bonchev–Trinajstić information content (AvgIpc) is 2.72. The Morgan fingerprint density at radius 1 is 1.58 bits per heavy atom. The van der Waals surface area contributed by atoms with E-state index in [1.165, 1.54) is 0 Å². The highest BCUT2D eigenvalue weighted by Gasteiger charge is 2.44. The second-order valence-electron chi connectivity index (χ2n) is 4.88. The summed E-state index contributed by atoms with van der Waals surface area (Å²) in [6, 6.07) is 1.71. The first-order valence-corrected chi connectivity index (χ1v) is 6.47. The van der Waals surface area contributed by atoms with Gasteiger partial charge in [0.05, 0.1) is 6.61 Å². The average molecular weight is 265 g/mol. The lowest BCUT2D eigenvalue weighted by molar-refractivity contribution is -0.142. The van der Waals surface area contributed by atoms with E-state index in [0.717, 1.165) is 6.42 Å². The van der Waals surface area contributed by atoms with Crippen LogP contribution in [0.15, 0.2) is 6.07 Å². The van der Waals surface area contributed by atoms with Gasteiger partial charge in [-0.25, -0.2) is 9.78 Å². The first-order chi connectivity index (χ1) is 8.97. The molecule has 6 nitrogen and oxygen atoms in total. The Balaban J connectivity index is 2.38. The summed E-state index contributed by atoms with van der Waals surface area (Å²) in [5.74, 6) is 0.878. The third-order valence-corrected chi connectivity index (χ3v) is 3.47. The Morgan fingerprint density at radius 2 is 2.32 bits per heavy atom. The van der Waals surface area contributed by atoms with E-state index in [1.54, 1.807) is 19.9 Å². The minimum absolute atomic E-state index is 0.490. The summed E-state index contributed by atoms with van der Waals surface area (Å²) in [5, 5.41) is 9.43. The van der Waals surface area contributed by atoms with Gasteiger partial charge < -0.3 is 14.7 Å². The van der Waals surface area contributed by atoms with Gasteiger partial charge in [0.15, 0.2) is 0 Å². The van der Waals surface area contributed by atoms with Crippen LogP contribution in [-0.2, 0) is 4.79 Å². The minimum atomic E-state index is -0.899. The number of anilines is 1. The fourth-order valence-electron chi connectivity index (χ4n) is 2.44. The van der Waals surface area contributed by atoms with Crippen LogP contribution in [0, 0.1) is 6.92 Å². The van der Waals surface area contributed by atoms with E-state index in [4.69, 9.17) is 4.74 Å². The number of nitrogens with zero attached hydrogens (tertiary/aromatic N) is 3. The van der Waals surface area contributed by atoms with Gasteiger partial charge in [0, 0.05) is 12.6 Å². The molecule has 1 aromatic rings. The van der Waals surface area contributed by atoms with Crippen molar-refractivity contribution >= 4 is 11.8 Å². The molecule has 1 N–H and O–H groups in total. The molecule has 1 aromatic heterocycles. The van der Waals surface area contributed by atoms with Crippen LogP contribution in [0.25, 0.3) is 0 Å². The number of aromatic nitrogens is 2. The van der Waals surface area contributed by atoms with Crippen LogP contribution in [0.3, 0.4) is 0 Å². The molecular formula is C13H19N3O3. The molecule has 1 aliphatic rings. The molecule has 104 valence electrons. The van der Waals surface area contributed by atoms with Crippen molar-refractivity contribution in [3.05, 3.63) is 11.9 Å². The van der Waals surface area contributed by atoms with E-state index in [9.17, 15) is 9.90 Å². The smallest absolute Gasteiger partial charge is 0.329 e. The van der Waals surface area contributed by atoms with E-state index in [0.29, 0.717) is 37.1 Å². The Labute approximate surface area is 112 Å². The predicted molar refractivity (Wildman–Crippen MR) is 70.6 cm³/mol. The Kier molecular flexibility index (Phi) is 3.59. The van der Waals surface area contributed by atoms with Crippen LogP contribution in [0.1, 0.15) is 32.5 Å². The molecule has 1 aliphatic heterocycles. The number of ether oxygens (including phenoxy) is 1. The molecule has 6 heteroatoms. The van der Waals surface area contributed by atoms with Crippen molar-refractivity contribution in [3.63, 3.8) is 0 Å². The van der Waals surface area contributed by atoms with Crippen molar-refractivity contribution in [2.75, 3.05) is 18.1 Å². The highest BCUT2D eigenvalue weighted by Crippen LogP contribution is 2.34. The normalized spacial score (nSPS) is 22.6. The highest BCUT2D eigenvalue weighted by atomic mass is 16.5. The highest BCUT2D eigenvalue weighted by molar-refractivity contribution is 5.83. The maximum Gasteiger partial charge on any atom is 0.329 e. The van der Waals surface area contributed by atoms with Crippen LogP contribution < -0.4 is 9.64 Å². The zero-order chi connectivity index (χ0) is 14.0. The number of aryl methyl sites for hydroxylation is 1. The number of carboxylic acids is 1. The van der Waals surface area contributed by atoms with Gasteiger partial charge in [-0.3, -0.25) is 0 Å². The van der Waals surface area contributed by atoms with Crippen LogP contribution in [0.4, 0.5) is 5.82 Å². The maximum atomic E-state index is 11.5. The molecule has 1 fully saturated rings. The number of rotatable bonds is 4. The molecule has 0 amide bonds.